The molecule has 0 aromatic heterocycles. The van der Waals surface area contributed by atoms with Crippen molar-refractivity contribution in [2.75, 3.05) is 37.0 Å². The van der Waals surface area contributed by atoms with E-state index in [9.17, 15) is 4.79 Å². The fourth-order valence-corrected chi connectivity index (χ4v) is 2.43. The van der Waals surface area contributed by atoms with Crippen molar-refractivity contribution >= 4 is 17.3 Å². The summed E-state index contributed by atoms with van der Waals surface area (Å²) in [6, 6.07) is 15.2. The average Bonchev–Trinajstić information content (AvgIpc) is 2.61. The molecule has 0 spiro atoms. The van der Waals surface area contributed by atoms with Crippen molar-refractivity contribution in [1.29, 1.82) is 0 Å². The van der Waals surface area contributed by atoms with Gasteiger partial charge in [0.2, 0.25) is 5.91 Å². The Hall–Kier alpha value is -2.53. The number of carbonyl (C=O) groups excluding carboxylic acids is 1. The van der Waals surface area contributed by atoms with Crippen LogP contribution in [-0.2, 0) is 11.2 Å². The predicted octanol–water partition coefficient (Wildman–Crippen LogP) is 3.09. The zero-order valence-corrected chi connectivity index (χ0v) is 14.9. The number of ether oxygens (including phenoxy) is 1. The van der Waals surface area contributed by atoms with E-state index in [2.05, 4.69) is 12.2 Å². The van der Waals surface area contributed by atoms with Crippen molar-refractivity contribution in [3.8, 4) is 5.75 Å². The third kappa shape index (κ3) is 6.12. The first-order valence-corrected chi connectivity index (χ1v) is 8.56. The van der Waals surface area contributed by atoms with Crippen LogP contribution in [0.3, 0.4) is 0 Å². The maximum absolute atomic E-state index is 12.2. The van der Waals surface area contributed by atoms with E-state index in [1.807, 2.05) is 60.5 Å². The fourth-order valence-electron chi connectivity index (χ4n) is 2.43. The second-order valence-corrected chi connectivity index (χ2v) is 5.91. The molecule has 0 saturated carbocycles. The number of likely N-dealkylation sites (N-methyl/N-ethyl adjacent to an activating group) is 1. The standard InChI is InChI=1S/C20H26N2O3/c1-3-13-25-19-6-4-5-16(14-19)15-20(24)21-17-7-9-18(10-8-17)22(2)11-12-23/h4-10,14,23H,3,11-13,15H2,1-2H3,(H,21,24). The molecular formula is C20H26N2O3. The van der Waals surface area contributed by atoms with Gasteiger partial charge < -0.3 is 20.1 Å². The topological polar surface area (TPSA) is 61.8 Å². The van der Waals surface area contributed by atoms with Gasteiger partial charge in [-0.3, -0.25) is 4.79 Å². The molecule has 5 nitrogen and oxygen atoms in total. The lowest BCUT2D eigenvalue weighted by atomic mass is 10.1. The average molecular weight is 342 g/mol. The molecule has 134 valence electrons. The van der Waals surface area contributed by atoms with Gasteiger partial charge in [0, 0.05) is 25.0 Å². The lowest BCUT2D eigenvalue weighted by molar-refractivity contribution is -0.115. The van der Waals surface area contributed by atoms with E-state index >= 15 is 0 Å². The summed E-state index contributed by atoms with van der Waals surface area (Å²) in [5.41, 5.74) is 2.67. The van der Waals surface area contributed by atoms with Crippen LogP contribution in [0, 0.1) is 0 Å². The smallest absolute Gasteiger partial charge is 0.228 e. The number of carbonyl (C=O) groups is 1. The molecule has 2 N–H and O–H groups in total. The number of nitrogens with one attached hydrogen (secondary N) is 1. The highest BCUT2D eigenvalue weighted by atomic mass is 16.5. The first-order valence-electron chi connectivity index (χ1n) is 8.56. The van der Waals surface area contributed by atoms with E-state index in [1.54, 1.807) is 0 Å². The van der Waals surface area contributed by atoms with Crippen molar-refractivity contribution in [3.05, 3.63) is 54.1 Å². The Labute approximate surface area is 149 Å². The van der Waals surface area contributed by atoms with E-state index in [0.717, 1.165) is 29.1 Å². The lowest BCUT2D eigenvalue weighted by Crippen LogP contribution is -2.21. The number of hydrogen-bond donors (Lipinski definition) is 2. The number of aliphatic hydroxyl groups is 1. The highest BCUT2D eigenvalue weighted by Gasteiger charge is 2.06. The van der Waals surface area contributed by atoms with E-state index in [1.165, 1.54) is 0 Å². The summed E-state index contributed by atoms with van der Waals surface area (Å²) in [5.74, 6) is 0.729. The summed E-state index contributed by atoms with van der Waals surface area (Å²) in [7, 11) is 1.91. The molecule has 0 bridgehead atoms. The van der Waals surface area contributed by atoms with Crippen LogP contribution in [0.15, 0.2) is 48.5 Å². The van der Waals surface area contributed by atoms with Crippen molar-refractivity contribution in [2.24, 2.45) is 0 Å². The molecule has 0 unspecified atom stereocenters. The Bertz CT molecular complexity index is 671. The number of amides is 1. The van der Waals surface area contributed by atoms with Crippen LogP contribution in [-0.4, -0.2) is 37.8 Å². The molecule has 0 fully saturated rings. The van der Waals surface area contributed by atoms with Crippen LogP contribution >= 0.6 is 0 Å². The summed E-state index contributed by atoms with van der Waals surface area (Å²) in [6.07, 6.45) is 1.25. The van der Waals surface area contributed by atoms with Gasteiger partial charge in [-0.1, -0.05) is 19.1 Å². The summed E-state index contributed by atoms with van der Waals surface area (Å²) < 4.78 is 5.60. The maximum atomic E-state index is 12.2. The molecule has 2 aromatic rings. The predicted molar refractivity (Wildman–Crippen MR) is 101 cm³/mol. The lowest BCUT2D eigenvalue weighted by Gasteiger charge is -2.18. The molecule has 0 heterocycles. The Kier molecular flexibility index (Phi) is 7.29. The number of benzene rings is 2. The van der Waals surface area contributed by atoms with Gasteiger partial charge in [-0.25, -0.2) is 0 Å². The van der Waals surface area contributed by atoms with Crippen LogP contribution in [0.25, 0.3) is 0 Å². The van der Waals surface area contributed by atoms with E-state index in [4.69, 9.17) is 9.84 Å². The zero-order chi connectivity index (χ0) is 18.1. The highest BCUT2D eigenvalue weighted by molar-refractivity contribution is 5.92. The molecule has 0 aliphatic rings. The number of nitrogens with zero attached hydrogens (tertiary/aromatic N) is 1. The van der Waals surface area contributed by atoms with Gasteiger partial charge in [-0.15, -0.1) is 0 Å². The molecule has 0 aliphatic carbocycles. The SMILES string of the molecule is CCCOc1cccc(CC(=O)Nc2ccc(N(C)CCO)cc2)c1. The maximum Gasteiger partial charge on any atom is 0.228 e. The highest BCUT2D eigenvalue weighted by Crippen LogP contribution is 2.18. The zero-order valence-electron chi connectivity index (χ0n) is 14.9. The fraction of sp³-hybridized carbons (Fsp3) is 0.350. The molecule has 5 heteroatoms. The first-order chi connectivity index (χ1) is 12.1. The summed E-state index contributed by atoms with van der Waals surface area (Å²) in [4.78, 5) is 14.2. The largest absolute Gasteiger partial charge is 0.494 e. The molecule has 0 aliphatic heterocycles. The Balaban J connectivity index is 1.91. The van der Waals surface area contributed by atoms with E-state index < -0.39 is 0 Å². The summed E-state index contributed by atoms with van der Waals surface area (Å²) in [5, 5.41) is 11.9. The van der Waals surface area contributed by atoms with Crippen molar-refractivity contribution < 1.29 is 14.6 Å². The molecule has 2 rings (SSSR count). The van der Waals surface area contributed by atoms with Gasteiger partial charge in [-0.2, -0.15) is 0 Å². The van der Waals surface area contributed by atoms with Gasteiger partial charge in [0.1, 0.15) is 5.75 Å². The van der Waals surface area contributed by atoms with Gasteiger partial charge in [0.05, 0.1) is 19.6 Å². The van der Waals surface area contributed by atoms with Crippen LogP contribution in [0.4, 0.5) is 11.4 Å². The van der Waals surface area contributed by atoms with Crippen LogP contribution < -0.4 is 15.0 Å². The Morgan fingerprint density at radius 1 is 1.20 bits per heavy atom. The first kappa shape index (κ1) is 18.8. The van der Waals surface area contributed by atoms with E-state index in [0.29, 0.717) is 19.6 Å². The number of rotatable bonds is 9. The van der Waals surface area contributed by atoms with Crippen LogP contribution in [0.5, 0.6) is 5.75 Å². The van der Waals surface area contributed by atoms with Crippen molar-refractivity contribution in [2.45, 2.75) is 19.8 Å². The molecule has 1 amide bonds. The molecule has 0 saturated heterocycles. The number of hydrogen-bond acceptors (Lipinski definition) is 4. The van der Waals surface area contributed by atoms with Crippen molar-refractivity contribution in [3.63, 3.8) is 0 Å². The third-order valence-corrected chi connectivity index (χ3v) is 3.76. The van der Waals surface area contributed by atoms with E-state index in [-0.39, 0.29) is 12.5 Å². The number of anilines is 2. The number of aliphatic hydroxyl groups excluding tert-OH is 1. The Morgan fingerprint density at radius 2 is 1.96 bits per heavy atom. The summed E-state index contributed by atoms with van der Waals surface area (Å²) in [6.45, 7) is 3.41. The second-order valence-electron chi connectivity index (χ2n) is 5.91. The van der Waals surface area contributed by atoms with Crippen molar-refractivity contribution in [1.82, 2.24) is 0 Å². The van der Waals surface area contributed by atoms with Gasteiger partial charge in [0.25, 0.3) is 0 Å². The van der Waals surface area contributed by atoms with Gasteiger partial charge >= 0.3 is 0 Å². The second kappa shape index (κ2) is 9.69. The molecule has 25 heavy (non-hydrogen) atoms. The minimum absolute atomic E-state index is 0.0656. The normalized spacial score (nSPS) is 10.4. The summed E-state index contributed by atoms with van der Waals surface area (Å²) >= 11 is 0. The molecule has 0 atom stereocenters. The minimum Gasteiger partial charge on any atom is -0.494 e. The molecule has 0 radical (unpaired) electrons. The molecule has 2 aromatic carbocycles. The van der Waals surface area contributed by atoms with Gasteiger partial charge in [-0.05, 0) is 48.4 Å². The monoisotopic (exact) mass is 342 g/mol. The van der Waals surface area contributed by atoms with Crippen LogP contribution in [0.1, 0.15) is 18.9 Å². The molecular weight excluding hydrogens is 316 g/mol. The van der Waals surface area contributed by atoms with Crippen LogP contribution in [0.2, 0.25) is 0 Å². The quantitative estimate of drug-likeness (QED) is 0.735. The third-order valence-electron chi connectivity index (χ3n) is 3.76. The minimum atomic E-state index is -0.0656. The Morgan fingerprint density at radius 3 is 2.64 bits per heavy atom. The van der Waals surface area contributed by atoms with Gasteiger partial charge in [0.15, 0.2) is 0 Å².